The SMILES string of the molecule is CCN(C(=O)Cc1csc(N)n1)C(C)C. The lowest BCUT2D eigenvalue weighted by Gasteiger charge is -2.24. The molecule has 1 aromatic rings. The van der Waals surface area contributed by atoms with Gasteiger partial charge >= 0.3 is 0 Å². The topological polar surface area (TPSA) is 59.2 Å². The minimum absolute atomic E-state index is 0.109. The molecule has 0 radical (unpaired) electrons. The van der Waals surface area contributed by atoms with Crippen molar-refractivity contribution in [1.82, 2.24) is 9.88 Å². The number of carbonyl (C=O) groups excluding carboxylic acids is 1. The number of likely N-dealkylation sites (N-methyl/N-ethyl adjacent to an activating group) is 1. The molecule has 0 unspecified atom stereocenters. The molecule has 0 spiro atoms. The van der Waals surface area contributed by atoms with Crippen LogP contribution in [0.3, 0.4) is 0 Å². The van der Waals surface area contributed by atoms with Gasteiger partial charge in [0.25, 0.3) is 0 Å². The molecular formula is C10H17N3OS. The third-order valence-corrected chi connectivity index (χ3v) is 2.91. The number of anilines is 1. The average Bonchev–Trinajstić information content (AvgIpc) is 2.51. The van der Waals surface area contributed by atoms with Crippen LogP contribution in [-0.4, -0.2) is 28.4 Å². The number of aromatic nitrogens is 1. The van der Waals surface area contributed by atoms with E-state index in [1.165, 1.54) is 11.3 Å². The Balaban J connectivity index is 2.62. The Bertz CT molecular complexity index is 335. The number of thiazole rings is 1. The molecule has 4 nitrogen and oxygen atoms in total. The van der Waals surface area contributed by atoms with Crippen LogP contribution in [0.25, 0.3) is 0 Å². The molecule has 0 aliphatic rings. The summed E-state index contributed by atoms with van der Waals surface area (Å²) in [6.07, 6.45) is 0.347. The zero-order chi connectivity index (χ0) is 11.4. The number of nitrogens with zero attached hydrogens (tertiary/aromatic N) is 2. The Morgan fingerprint density at radius 2 is 2.33 bits per heavy atom. The minimum Gasteiger partial charge on any atom is -0.375 e. The van der Waals surface area contributed by atoms with E-state index in [1.807, 2.05) is 31.1 Å². The van der Waals surface area contributed by atoms with Crippen molar-refractivity contribution < 1.29 is 4.79 Å². The first-order chi connectivity index (χ1) is 7.04. The van der Waals surface area contributed by atoms with Crippen LogP contribution in [-0.2, 0) is 11.2 Å². The number of nitrogen functional groups attached to an aromatic ring is 1. The first-order valence-electron chi connectivity index (χ1n) is 5.04. The lowest BCUT2D eigenvalue weighted by molar-refractivity contribution is -0.131. The summed E-state index contributed by atoms with van der Waals surface area (Å²) >= 11 is 1.37. The molecule has 0 fully saturated rings. The second-order valence-corrected chi connectivity index (χ2v) is 4.52. The van der Waals surface area contributed by atoms with E-state index in [9.17, 15) is 4.79 Å². The van der Waals surface area contributed by atoms with Gasteiger partial charge in [-0.25, -0.2) is 4.98 Å². The zero-order valence-corrected chi connectivity index (χ0v) is 10.2. The summed E-state index contributed by atoms with van der Waals surface area (Å²) in [4.78, 5) is 17.7. The van der Waals surface area contributed by atoms with Crippen molar-refractivity contribution in [2.75, 3.05) is 12.3 Å². The Hall–Kier alpha value is -1.10. The highest BCUT2D eigenvalue weighted by Gasteiger charge is 2.16. The summed E-state index contributed by atoms with van der Waals surface area (Å²) in [5.74, 6) is 0.109. The molecule has 0 atom stereocenters. The fraction of sp³-hybridized carbons (Fsp3) is 0.600. The van der Waals surface area contributed by atoms with E-state index in [4.69, 9.17) is 5.73 Å². The molecule has 2 N–H and O–H groups in total. The minimum atomic E-state index is 0.109. The van der Waals surface area contributed by atoms with E-state index in [2.05, 4.69) is 4.98 Å². The van der Waals surface area contributed by atoms with Crippen LogP contribution in [0.4, 0.5) is 5.13 Å². The molecule has 0 saturated carbocycles. The number of carbonyl (C=O) groups is 1. The summed E-state index contributed by atoms with van der Waals surface area (Å²) in [5, 5.41) is 2.35. The molecule has 0 saturated heterocycles. The van der Waals surface area contributed by atoms with Crippen LogP contribution in [0, 0.1) is 0 Å². The summed E-state index contributed by atoms with van der Waals surface area (Å²) in [5.41, 5.74) is 6.27. The molecule has 0 aliphatic carbocycles. The summed E-state index contributed by atoms with van der Waals surface area (Å²) in [6.45, 7) is 6.73. The summed E-state index contributed by atoms with van der Waals surface area (Å²) in [7, 11) is 0. The van der Waals surface area contributed by atoms with Crippen molar-refractivity contribution in [2.24, 2.45) is 0 Å². The van der Waals surface area contributed by atoms with Gasteiger partial charge in [0.15, 0.2) is 5.13 Å². The molecule has 0 bridgehead atoms. The number of hydrogen-bond donors (Lipinski definition) is 1. The van der Waals surface area contributed by atoms with Gasteiger partial charge in [-0.15, -0.1) is 11.3 Å². The molecule has 1 heterocycles. The van der Waals surface area contributed by atoms with Crippen LogP contribution >= 0.6 is 11.3 Å². The van der Waals surface area contributed by atoms with Crippen LogP contribution in [0.2, 0.25) is 0 Å². The number of hydrogen-bond acceptors (Lipinski definition) is 4. The van der Waals surface area contributed by atoms with Crippen molar-refractivity contribution in [3.8, 4) is 0 Å². The van der Waals surface area contributed by atoms with E-state index >= 15 is 0 Å². The third-order valence-electron chi connectivity index (χ3n) is 2.19. The summed E-state index contributed by atoms with van der Waals surface area (Å²) in [6, 6.07) is 0.235. The highest BCUT2D eigenvalue weighted by molar-refractivity contribution is 7.13. The van der Waals surface area contributed by atoms with Gasteiger partial charge in [0.2, 0.25) is 5.91 Å². The summed E-state index contributed by atoms with van der Waals surface area (Å²) < 4.78 is 0. The number of amides is 1. The maximum atomic E-state index is 11.8. The highest BCUT2D eigenvalue weighted by atomic mass is 32.1. The Labute approximate surface area is 94.1 Å². The molecule has 5 heteroatoms. The maximum Gasteiger partial charge on any atom is 0.228 e. The molecule has 0 aliphatic heterocycles. The van der Waals surface area contributed by atoms with Crippen LogP contribution < -0.4 is 5.73 Å². The largest absolute Gasteiger partial charge is 0.375 e. The van der Waals surface area contributed by atoms with Crippen molar-refractivity contribution in [2.45, 2.75) is 33.2 Å². The number of rotatable bonds is 4. The van der Waals surface area contributed by atoms with Gasteiger partial charge in [0.05, 0.1) is 12.1 Å². The predicted molar refractivity (Wildman–Crippen MR) is 62.8 cm³/mol. The van der Waals surface area contributed by atoms with Crippen LogP contribution in [0.15, 0.2) is 5.38 Å². The van der Waals surface area contributed by atoms with Gasteiger partial charge in [-0.3, -0.25) is 4.79 Å². The molecule has 15 heavy (non-hydrogen) atoms. The third kappa shape index (κ3) is 3.20. The second-order valence-electron chi connectivity index (χ2n) is 3.63. The Morgan fingerprint density at radius 3 is 2.73 bits per heavy atom. The van der Waals surface area contributed by atoms with Crippen molar-refractivity contribution >= 4 is 22.4 Å². The van der Waals surface area contributed by atoms with Crippen molar-refractivity contribution in [1.29, 1.82) is 0 Å². The quantitative estimate of drug-likeness (QED) is 0.848. The van der Waals surface area contributed by atoms with Gasteiger partial charge in [-0.2, -0.15) is 0 Å². The maximum absolute atomic E-state index is 11.8. The zero-order valence-electron chi connectivity index (χ0n) is 9.36. The first-order valence-corrected chi connectivity index (χ1v) is 5.92. The Kier molecular flexibility index (Phi) is 4.08. The lowest BCUT2D eigenvalue weighted by atomic mass is 10.2. The molecule has 1 aromatic heterocycles. The van der Waals surface area contributed by atoms with Crippen LogP contribution in [0.1, 0.15) is 26.5 Å². The van der Waals surface area contributed by atoms with Gasteiger partial charge in [0.1, 0.15) is 0 Å². The van der Waals surface area contributed by atoms with Crippen molar-refractivity contribution in [3.05, 3.63) is 11.1 Å². The lowest BCUT2D eigenvalue weighted by Crippen LogP contribution is -2.37. The first kappa shape index (κ1) is 12.0. The van der Waals surface area contributed by atoms with E-state index in [0.29, 0.717) is 11.6 Å². The highest BCUT2D eigenvalue weighted by Crippen LogP contribution is 2.12. The average molecular weight is 227 g/mol. The van der Waals surface area contributed by atoms with Gasteiger partial charge < -0.3 is 10.6 Å². The van der Waals surface area contributed by atoms with E-state index in [0.717, 1.165) is 12.2 Å². The van der Waals surface area contributed by atoms with Crippen molar-refractivity contribution in [3.63, 3.8) is 0 Å². The van der Waals surface area contributed by atoms with E-state index in [1.54, 1.807) is 0 Å². The van der Waals surface area contributed by atoms with E-state index in [-0.39, 0.29) is 11.9 Å². The molecular weight excluding hydrogens is 210 g/mol. The fourth-order valence-electron chi connectivity index (χ4n) is 1.49. The fourth-order valence-corrected chi connectivity index (χ4v) is 2.05. The normalized spacial score (nSPS) is 10.7. The second kappa shape index (κ2) is 5.11. The predicted octanol–water partition coefficient (Wildman–Crippen LogP) is 1.52. The number of nitrogens with two attached hydrogens (primary N) is 1. The smallest absolute Gasteiger partial charge is 0.228 e. The molecule has 1 rings (SSSR count). The van der Waals surface area contributed by atoms with E-state index < -0.39 is 0 Å². The van der Waals surface area contributed by atoms with Gasteiger partial charge in [-0.05, 0) is 20.8 Å². The molecule has 84 valence electrons. The van der Waals surface area contributed by atoms with Gasteiger partial charge in [-0.1, -0.05) is 0 Å². The standard InChI is InChI=1S/C10H17N3OS/c1-4-13(7(2)3)9(14)5-8-6-15-10(11)12-8/h6-7H,4-5H2,1-3H3,(H2,11,12). The molecule has 1 amide bonds. The monoisotopic (exact) mass is 227 g/mol. The Morgan fingerprint density at radius 1 is 1.67 bits per heavy atom. The van der Waals surface area contributed by atoms with Crippen LogP contribution in [0.5, 0.6) is 0 Å². The van der Waals surface area contributed by atoms with Gasteiger partial charge in [0, 0.05) is 18.0 Å². The molecule has 0 aromatic carbocycles.